The summed E-state index contributed by atoms with van der Waals surface area (Å²) in [4.78, 5) is 5.34. The predicted molar refractivity (Wildman–Crippen MR) is 68.8 cm³/mol. The molecule has 0 aromatic heterocycles. The lowest BCUT2D eigenvalue weighted by Crippen LogP contribution is -2.58. The van der Waals surface area contributed by atoms with Crippen molar-refractivity contribution < 1.29 is 0 Å². The minimum atomic E-state index is 0.247. The molecule has 3 heteroatoms. The van der Waals surface area contributed by atoms with Gasteiger partial charge in [0, 0.05) is 37.8 Å². The van der Waals surface area contributed by atoms with Crippen LogP contribution >= 0.6 is 0 Å². The van der Waals surface area contributed by atoms with Gasteiger partial charge in [-0.2, -0.15) is 0 Å². The molecule has 3 nitrogen and oxygen atoms in total. The van der Waals surface area contributed by atoms with Gasteiger partial charge in [0.25, 0.3) is 0 Å². The second kappa shape index (κ2) is 5.03. The summed E-state index contributed by atoms with van der Waals surface area (Å²) in [7, 11) is 2.07. The second-order valence-corrected chi connectivity index (χ2v) is 6.05. The second-order valence-electron chi connectivity index (χ2n) is 6.05. The Bertz CT molecular complexity index is 227. The molecule has 0 spiro atoms. The van der Waals surface area contributed by atoms with Gasteiger partial charge < -0.3 is 5.32 Å². The first-order chi connectivity index (χ1) is 7.61. The predicted octanol–water partition coefficient (Wildman–Crippen LogP) is 1.15. The van der Waals surface area contributed by atoms with E-state index in [1.165, 1.54) is 52.0 Å². The van der Waals surface area contributed by atoms with Crippen LogP contribution in [0.5, 0.6) is 0 Å². The number of piperidine rings is 1. The number of nitrogens with zero attached hydrogens (tertiary/aromatic N) is 2. The molecule has 2 aliphatic heterocycles. The van der Waals surface area contributed by atoms with Gasteiger partial charge in [-0.3, -0.25) is 9.80 Å². The van der Waals surface area contributed by atoms with Crippen LogP contribution in [0.3, 0.4) is 0 Å². The minimum Gasteiger partial charge on any atom is -0.314 e. The third kappa shape index (κ3) is 2.96. The van der Waals surface area contributed by atoms with Crippen LogP contribution in [-0.2, 0) is 0 Å². The van der Waals surface area contributed by atoms with Gasteiger partial charge in [0.15, 0.2) is 0 Å². The Morgan fingerprint density at radius 3 is 2.75 bits per heavy atom. The van der Waals surface area contributed by atoms with E-state index in [4.69, 9.17) is 0 Å². The zero-order valence-corrected chi connectivity index (χ0v) is 11.1. The molecule has 0 saturated carbocycles. The molecule has 2 rings (SSSR count). The van der Waals surface area contributed by atoms with Crippen molar-refractivity contribution in [1.82, 2.24) is 15.1 Å². The van der Waals surface area contributed by atoms with Gasteiger partial charge >= 0.3 is 0 Å². The molecule has 1 atom stereocenters. The molecule has 2 fully saturated rings. The number of rotatable bonds is 3. The van der Waals surface area contributed by atoms with Crippen LogP contribution in [0.2, 0.25) is 0 Å². The molecular weight excluding hydrogens is 198 g/mol. The molecule has 0 amide bonds. The number of nitrogens with one attached hydrogen (secondary N) is 1. The first-order valence-electron chi connectivity index (χ1n) is 6.76. The van der Waals surface area contributed by atoms with Crippen LogP contribution in [-0.4, -0.2) is 61.2 Å². The van der Waals surface area contributed by atoms with Crippen molar-refractivity contribution in [3.63, 3.8) is 0 Å². The summed E-state index contributed by atoms with van der Waals surface area (Å²) < 4.78 is 0. The van der Waals surface area contributed by atoms with Gasteiger partial charge in [-0.25, -0.2) is 0 Å². The normalized spacial score (nSPS) is 29.1. The Morgan fingerprint density at radius 1 is 1.19 bits per heavy atom. The fourth-order valence-electron chi connectivity index (χ4n) is 3.00. The quantitative estimate of drug-likeness (QED) is 0.777. The average molecular weight is 225 g/mol. The van der Waals surface area contributed by atoms with Crippen LogP contribution in [0.1, 0.15) is 33.1 Å². The molecule has 0 bridgehead atoms. The maximum absolute atomic E-state index is 3.41. The van der Waals surface area contributed by atoms with E-state index in [2.05, 4.69) is 36.0 Å². The Labute approximate surface area is 100 Å². The molecule has 94 valence electrons. The summed E-state index contributed by atoms with van der Waals surface area (Å²) in [6.07, 6.45) is 4.26. The SMILES string of the molecule is CNC(C)(C)CN1CCN2CCCCC2C1. The number of likely N-dealkylation sites (N-methyl/N-ethyl adjacent to an activating group) is 1. The van der Waals surface area contributed by atoms with Crippen molar-refractivity contribution in [2.75, 3.05) is 39.8 Å². The summed E-state index contributed by atoms with van der Waals surface area (Å²) in [6.45, 7) is 10.9. The highest BCUT2D eigenvalue weighted by Gasteiger charge is 2.30. The van der Waals surface area contributed by atoms with Crippen LogP contribution in [0.15, 0.2) is 0 Å². The van der Waals surface area contributed by atoms with Crippen LogP contribution in [0, 0.1) is 0 Å². The highest BCUT2D eigenvalue weighted by Crippen LogP contribution is 2.21. The van der Waals surface area contributed by atoms with Crippen molar-refractivity contribution in [2.45, 2.75) is 44.7 Å². The fraction of sp³-hybridized carbons (Fsp3) is 1.00. The molecule has 1 unspecified atom stereocenters. The van der Waals surface area contributed by atoms with Crippen molar-refractivity contribution in [3.8, 4) is 0 Å². The summed E-state index contributed by atoms with van der Waals surface area (Å²) in [5.41, 5.74) is 0.247. The Kier molecular flexibility index (Phi) is 3.88. The zero-order chi connectivity index (χ0) is 11.6. The van der Waals surface area contributed by atoms with Gasteiger partial charge in [-0.1, -0.05) is 6.42 Å². The monoisotopic (exact) mass is 225 g/mol. The van der Waals surface area contributed by atoms with E-state index < -0.39 is 0 Å². The van der Waals surface area contributed by atoms with Gasteiger partial charge in [-0.15, -0.1) is 0 Å². The summed E-state index contributed by atoms with van der Waals surface area (Å²) >= 11 is 0. The maximum Gasteiger partial charge on any atom is 0.0249 e. The summed E-state index contributed by atoms with van der Waals surface area (Å²) in [6, 6.07) is 0.843. The largest absolute Gasteiger partial charge is 0.314 e. The average Bonchev–Trinajstić information content (AvgIpc) is 2.28. The number of fused-ring (bicyclic) bond motifs is 1. The minimum absolute atomic E-state index is 0.247. The van der Waals surface area contributed by atoms with E-state index in [-0.39, 0.29) is 5.54 Å². The van der Waals surface area contributed by atoms with Crippen LogP contribution in [0.4, 0.5) is 0 Å². The molecule has 0 aromatic rings. The molecular formula is C13H27N3. The fourth-order valence-corrected chi connectivity index (χ4v) is 3.00. The van der Waals surface area contributed by atoms with E-state index >= 15 is 0 Å². The number of hydrogen-bond acceptors (Lipinski definition) is 3. The highest BCUT2D eigenvalue weighted by atomic mass is 15.3. The Hall–Kier alpha value is -0.120. The summed E-state index contributed by atoms with van der Waals surface area (Å²) in [5, 5.41) is 3.41. The van der Waals surface area contributed by atoms with Crippen LogP contribution in [0.25, 0.3) is 0 Å². The third-order valence-corrected chi connectivity index (χ3v) is 4.22. The van der Waals surface area contributed by atoms with E-state index in [0.29, 0.717) is 0 Å². The lowest BCUT2D eigenvalue weighted by molar-refractivity contribution is 0.0386. The van der Waals surface area contributed by atoms with Gasteiger partial charge in [0.2, 0.25) is 0 Å². The topological polar surface area (TPSA) is 18.5 Å². The maximum atomic E-state index is 3.41. The smallest absolute Gasteiger partial charge is 0.0249 e. The van der Waals surface area contributed by atoms with E-state index in [1.54, 1.807) is 0 Å². The lowest BCUT2D eigenvalue weighted by Gasteiger charge is -2.46. The van der Waals surface area contributed by atoms with Gasteiger partial charge in [0.1, 0.15) is 0 Å². The highest BCUT2D eigenvalue weighted by molar-refractivity contribution is 4.88. The number of hydrogen-bond donors (Lipinski definition) is 1. The lowest BCUT2D eigenvalue weighted by atomic mass is 9.97. The zero-order valence-electron chi connectivity index (χ0n) is 11.1. The summed E-state index contributed by atoms with van der Waals surface area (Å²) in [5.74, 6) is 0. The van der Waals surface area contributed by atoms with Crippen molar-refractivity contribution >= 4 is 0 Å². The van der Waals surface area contributed by atoms with Crippen molar-refractivity contribution in [3.05, 3.63) is 0 Å². The first-order valence-corrected chi connectivity index (χ1v) is 6.76. The van der Waals surface area contributed by atoms with Gasteiger partial charge in [0.05, 0.1) is 0 Å². The molecule has 2 saturated heterocycles. The molecule has 0 radical (unpaired) electrons. The molecule has 1 N–H and O–H groups in total. The van der Waals surface area contributed by atoms with E-state index in [9.17, 15) is 0 Å². The van der Waals surface area contributed by atoms with Gasteiger partial charge in [-0.05, 0) is 40.3 Å². The first kappa shape index (κ1) is 12.3. The third-order valence-electron chi connectivity index (χ3n) is 4.22. The van der Waals surface area contributed by atoms with Crippen LogP contribution < -0.4 is 5.32 Å². The Balaban J connectivity index is 1.85. The van der Waals surface area contributed by atoms with E-state index in [0.717, 1.165) is 6.04 Å². The molecule has 16 heavy (non-hydrogen) atoms. The standard InChI is InChI=1S/C13H27N3/c1-13(2,14-3)11-15-8-9-16-7-5-4-6-12(16)10-15/h12,14H,4-11H2,1-3H3. The number of piperazine rings is 1. The molecule has 0 aromatic carbocycles. The molecule has 2 aliphatic rings. The Morgan fingerprint density at radius 2 is 2.00 bits per heavy atom. The molecule has 2 heterocycles. The molecule has 0 aliphatic carbocycles. The van der Waals surface area contributed by atoms with Crippen molar-refractivity contribution in [2.24, 2.45) is 0 Å². The van der Waals surface area contributed by atoms with E-state index in [1.807, 2.05) is 0 Å². The van der Waals surface area contributed by atoms with Crippen molar-refractivity contribution in [1.29, 1.82) is 0 Å².